The van der Waals surface area contributed by atoms with E-state index >= 15 is 0 Å². The van der Waals surface area contributed by atoms with Gasteiger partial charge in [0.15, 0.2) is 4.67 Å². The summed E-state index contributed by atoms with van der Waals surface area (Å²) in [5.74, 6) is 0.797. The van der Waals surface area contributed by atoms with Crippen LogP contribution < -0.4 is 11.1 Å². The van der Waals surface area contributed by atoms with Crippen LogP contribution in [0.4, 0.5) is 0 Å². The number of rotatable bonds is 3. The molecular formula is C7H11BrN2O. The van der Waals surface area contributed by atoms with Crippen LogP contribution in [-0.2, 0) is 0 Å². The molecule has 3 nitrogen and oxygen atoms in total. The van der Waals surface area contributed by atoms with Gasteiger partial charge in [0.1, 0.15) is 5.76 Å². The van der Waals surface area contributed by atoms with Crippen LogP contribution in [0.25, 0.3) is 0 Å². The Bertz CT molecular complexity index is 224. The number of likely N-dealkylation sites (N-methyl/N-ethyl adjacent to an activating group) is 1. The minimum absolute atomic E-state index is 0.0636. The summed E-state index contributed by atoms with van der Waals surface area (Å²) in [5, 5.41) is 2.97. The fourth-order valence-electron chi connectivity index (χ4n) is 0.848. The smallest absolute Gasteiger partial charge is 0.169 e. The highest BCUT2D eigenvalue weighted by Crippen LogP contribution is 2.18. The molecule has 1 aromatic rings. The van der Waals surface area contributed by atoms with Gasteiger partial charge in [-0.1, -0.05) is 0 Å². The molecule has 1 heterocycles. The van der Waals surface area contributed by atoms with Gasteiger partial charge in [-0.15, -0.1) is 0 Å². The lowest BCUT2D eigenvalue weighted by molar-refractivity contribution is 0.442. The van der Waals surface area contributed by atoms with E-state index in [1.165, 1.54) is 0 Å². The zero-order valence-corrected chi connectivity index (χ0v) is 7.89. The Kier molecular flexibility index (Phi) is 3.11. The third kappa shape index (κ3) is 2.32. The second-order valence-electron chi connectivity index (χ2n) is 2.31. The van der Waals surface area contributed by atoms with Gasteiger partial charge in [0.2, 0.25) is 0 Å². The quantitative estimate of drug-likeness (QED) is 0.804. The summed E-state index contributed by atoms with van der Waals surface area (Å²) in [6.07, 6.45) is 0. The maximum atomic E-state index is 5.74. The van der Waals surface area contributed by atoms with Gasteiger partial charge in [0.05, 0.1) is 6.04 Å². The first-order chi connectivity index (χ1) is 5.24. The summed E-state index contributed by atoms with van der Waals surface area (Å²) >= 11 is 3.21. The molecule has 0 amide bonds. The molecule has 0 aliphatic rings. The highest BCUT2D eigenvalue weighted by molar-refractivity contribution is 9.10. The van der Waals surface area contributed by atoms with Crippen molar-refractivity contribution >= 4 is 15.9 Å². The standard InChI is InChI=1S/C7H11BrN2O/c1-10-4-5(9)6-2-3-7(8)11-6/h2-3,5,10H,4,9H2,1H3. The Morgan fingerprint density at radius 3 is 2.91 bits per heavy atom. The van der Waals surface area contributed by atoms with Crippen LogP contribution in [0.3, 0.4) is 0 Å². The van der Waals surface area contributed by atoms with Crippen LogP contribution in [0.1, 0.15) is 11.8 Å². The van der Waals surface area contributed by atoms with Crippen molar-refractivity contribution in [1.82, 2.24) is 5.32 Å². The van der Waals surface area contributed by atoms with E-state index in [-0.39, 0.29) is 6.04 Å². The second kappa shape index (κ2) is 3.90. The molecule has 3 N–H and O–H groups in total. The van der Waals surface area contributed by atoms with Crippen molar-refractivity contribution in [2.45, 2.75) is 6.04 Å². The van der Waals surface area contributed by atoms with E-state index < -0.39 is 0 Å². The first kappa shape index (κ1) is 8.77. The van der Waals surface area contributed by atoms with E-state index in [0.29, 0.717) is 0 Å². The average molecular weight is 219 g/mol. The third-order valence-corrected chi connectivity index (χ3v) is 1.81. The summed E-state index contributed by atoms with van der Waals surface area (Å²) in [5.41, 5.74) is 5.74. The average Bonchev–Trinajstić information content (AvgIpc) is 2.36. The molecule has 1 rings (SSSR count). The Morgan fingerprint density at radius 2 is 2.45 bits per heavy atom. The van der Waals surface area contributed by atoms with E-state index in [1.807, 2.05) is 19.2 Å². The zero-order chi connectivity index (χ0) is 8.27. The molecule has 0 spiro atoms. The molecular weight excluding hydrogens is 208 g/mol. The maximum Gasteiger partial charge on any atom is 0.169 e. The lowest BCUT2D eigenvalue weighted by Gasteiger charge is -2.05. The monoisotopic (exact) mass is 218 g/mol. The second-order valence-corrected chi connectivity index (χ2v) is 3.09. The molecule has 1 aromatic heterocycles. The molecule has 0 saturated heterocycles. The van der Waals surface area contributed by atoms with E-state index in [1.54, 1.807) is 0 Å². The zero-order valence-electron chi connectivity index (χ0n) is 6.30. The van der Waals surface area contributed by atoms with Gasteiger partial charge in [-0.3, -0.25) is 0 Å². The highest BCUT2D eigenvalue weighted by Gasteiger charge is 2.08. The number of furan rings is 1. The fourth-order valence-corrected chi connectivity index (χ4v) is 1.17. The molecule has 0 aliphatic carbocycles. The number of halogens is 1. The van der Waals surface area contributed by atoms with Crippen molar-refractivity contribution in [3.63, 3.8) is 0 Å². The van der Waals surface area contributed by atoms with Crippen LogP contribution in [0.2, 0.25) is 0 Å². The summed E-state index contributed by atoms with van der Waals surface area (Å²) in [6, 6.07) is 3.64. The van der Waals surface area contributed by atoms with Crippen molar-refractivity contribution in [2.24, 2.45) is 5.73 Å². The fraction of sp³-hybridized carbons (Fsp3) is 0.429. The topological polar surface area (TPSA) is 51.2 Å². The van der Waals surface area contributed by atoms with Gasteiger partial charge in [0.25, 0.3) is 0 Å². The van der Waals surface area contributed by atoms with Gasteiger partial charge < -0.3 is 15.5 Å². The van der Waals surface area contributed by atoms with Crippen molar-refractivity contribution in [1.29, 1.82) is 0 Å². The van der Waals surface area contributed by atoms with Crippen molar-refractivity contribution < 1.29 is 4.42 Å². The lowest BCUT2D eigenvalue weighted by atomic mass is 10.2. The molecule has 62 valence electrons. The predicted molar refractivity (Wildman–Crippen MR) is 47.3 cm³/mol. The maximum absolute atomic E-state index is 5.74. The minimum Gasteiger partial charge on any atom is -0.453 e. The molecule has 1 unspecified atom stereocenters. The molecule has 0 aliphatic heterocycles. The summed E-state index contributed by atoms with van der Waals surface area (Å²) in [6.45, 7) is 0.722. The Morgan fingerprint density at radius 1 is 1.73 bits per heavy atom. The van der Waals surface area contributed by atoms with Crippen molar-refractivity contribution in [3.8, 4) is 0 Å². The van der Waals surface area contributed by atoms with Gasteiger partial charge in [-0.2, -0.15) is 0 Å². The number of nitrogens with one attached hydrogen (secondary N) is 1. The Balaban J connectivity index is 2.60. The van der Waals surface area contributed by atoms with Crippen LogP contribution >= 0.6 is 15.9 Å². The molecule has 0 aromatic carbocycles. The molecule has 0 saturated carbocycles. The summed E-state index contributed by atoms with van der Waals surface area (Å²) in [4.78, 5) is 0. The molecule has 1 atom stereocenters. The molecule has 0 radical (unpaired) electrons. The lowest BCUT2D eigenvalue weighted by Crippen LogP contribution is -2.23. The number of nitrogens with two attached hydrogens (primary N) is 1. The van der Waals surface area contributed by atoms with Gasteiger partial charge in [-0.25, -0.2) is 0 Å². The highest BCUT2D eigenvalue weighted by atomic mass is 79.9. The van der Waals surface area contributed by atoms with E-state index in [0.717, 1.165) is 17.0 Å². The summed E-state index contributed by atoms with van der Waals surface area (Å²) in [7, 11) is 1.86. The van der Waals surface area contributed by atoms with E-state index in [9.17, 15) is 0 Å². The first-order valence-electron chi connectivity index (χ1n) is 3.39. The SMILES string of the molecule is CNCC(N)c1ccc(Br)o1. The Labute approximate surface area is 74.1 Å². The largest absolute Gasteiger partial charge is 0.453 e. The van der Waals surface area contributed by atoms with Gasteiger partial charge in [0, 0.05) is 6.54 Å². The summed E-state index contributed by atoms with van der Waals surface area (Å²) < 4.78 is 5.97. The van der Waals surface area contributed by atoms with Crippen LogP contribution in [0, 0.1) is 0 Å². The van der Waals surface area contributed by atoms with E-state index in [2.05, 4.69) is 21.2 Å². The van der Waals surface area contributed by atoms with E-state index in [4.69, 9.17) is 10.2 Å². The molecule has 4 heteroatoms. The van der Waals surface area contributed by atoms with Crippen LogP contribution in [0.5, 0.6) is 0 Å². The first-order valence-corrected chi connectivity index (χ1v) is 4.18. The number of hydrogen-bond donors (Lipinski definition) is 2. The van der Waals surface area contributed by atoms with Crippen LogP contribution in [-0.4, -0.2) is 13.6 Å². The normalized spacial score (nSPS) is 13.4. The third-order valence-electron chi connectivity index (χ3n) is 1.38. The molecule has 0 bridgehead atoms. The van der Waals surface area contributed by atoms with Crippen molar-refractivity contribution in [3.05, 3.63) is 22.6 Å². The minimum atomic E-state index is -0.0636. The predicted octanol–water partition coefficient (Wildman–Crippen LogP) is 1.26. The van der Waals surface area contributed by atoms with Crippen molar-refractivity contribution in [2.75, 3.05) is 13.6 Å². The van der Waals surface area contributed by atoms with Gasteiger partial charge >= 0.3 is 0 Å². The van der Waals surface area contributed by atoms with Crippen LogP contribution in [0.15, 0.2) is 21.2 Å². The molecule has 0 fully saturated rings. The number of hydrogen-bond acceptors (Lipinski definition) is 3. The Hall–Kier alpha value is -0.320. The van der Waals surface area contributed by atoms with Gasteiger partial charge in [-0.05, 0) is 35.1 Å². The molecule has 11 heavy (non-hydrogen) atoms.